The third kappa shape index (κ3) is 1.67. The first-order valence-corrected chi connectivity index (χ1v) is 4.95. The molecule has 0 aromatic rings. The molecule has 2 heteroatoms. The third-order valence-electron chi connectivity index (χ3n) is 2.10. The molecule has 0 saturated carbocycles. The summed E-state index contributed by atoms with van der Waals surface area (Å²) in [7, 11) is 2.22. The maximum atomic E-state index is 2.45. The molecule has 1 heterocycles. The summed E-state index contributed by atoms with van der Waals surface area (Å²) < 4.78 is 0. The van der Waals surface area contributed by atoms with Crippen LogP contribution in [0.2, 0.25) is 0 Å². The fraction of sp³-hybridized carbons (Fsp3) is 1.00. The molecule has 1 fully saturated rings. The van der Waals surface area contributed by atoms with E-state index in [1.54, 1.807) is 0 Å². The van der Waals surface area contributed by atoms with Gasteiger partial charge in [0, 0.05) is 17.7 Å². The molecule has 60 valence electrons. The van der Waals surface area contributed by atoms with E-state index in [0.29, 0.717) is 5.41 Å². The lowest BCUT2D eigenvalue weighted by Gasteiger charge is -2.31. The summed E-state index contributed by atoms with van der Waals surface area (Å²) in [5, 5.41) is 0. The van der Waals surface area contributed by atoms with Crippen molar-refractivity contribution < 1.29 is 0 Å². The maximum Gasteiger partial charge on any atom is 0.0445 e. The molecule has 1 nitrogen and oxygen atoms in total. The molecule has 0 bridgehead atoms. The quantitative estimate of drug-likeness (QED) is 0.532. The molecule has 1 aliphatic heterocycles. The lowest BCUT2D eigenvalue weighted by atomic mass is 9.87. The number of nitrogens with zero attached hydrogens (tertiary/aromatic N) is 1. The Morgan fingerprint density at radius 3 is 2.20 bits per heavy atom. The van der Waals surface area contributed by atoms with Crippen LogP contribution in [0.3, 0.4) is 0 Å². The summed E-state index contributed by atoms with van der Waals surface area (Å²) in [5.41, 5.74) is 0.457. The topological polar surface area (TPSA) is 3.24 Å². The van der Waals surface area contributed by atoms with E-state index in [9.17, 15) is 0 Å². The minimum Gasteiger partial charge on any atom is -0.293 e. The van der Waals surface area contributed by atoms with Crippen LogP contribution in [0.4, 0.5) is 0 Å². The zero-order valence-corrected chi connectivity index (χ0v) is 8.16. The van der Waals surface area contributed by atoms with E-state index >= 15 is 0 Å². The normalized spacial score (nSPS) is 29.4. The van der Waals surface area contributed by atoms with E-state index < -0.39 is 0 Å². The fourth-order valence-corrected chi connectivity index (χ4v) is 2.99. The minimum absolute atomic E-state index is 0.457. The molecular weight excluding hydrogens is 142 g/mol. The van der Waals surface area contributed by atoms with Gasteiger partial charge in [-0.05, 0) is 12.5 Å². The van der Waals surface area contributed by atoms with E-state index in [2.05, 4.69) is 32.7 Å². The number of hydrogen-bond donors (Lipinski definition) is 0. The number of hydrogen-bond acceptors (Lipinski definition) is 2. The minimum atomic E-state index is 0.457. The fourth-order valence-electron chi connectivity index (χ4n) is 1.44. The first-order chi connectivity index (χ1) is 4.52. The second-order valence-electron chi connectivity index (χ2n) is 4.14. The van der Waals surface area contributed by atoms with Crippen molar-refractivity contribution in [2.24, 2.45) is 5.41 Å². The van der Waals surface area contributed by atoms with Crippen LogP contribution in [0.25, 0.3) is 0 Å². The molecule has 1 rings (SSSR count). The summed E-state index contributed by atoms with van der Waals surface area (Å²) in [6.07, 6.45) is 0. The second kappa shape index (κ2) is 2.74. The van der Waals surface area contributed by atoms with Gasteiger partial charge >= 0.3 is 0 Å². The van der Waals surface area contributed by atoms with Gasteiger partial charge in [0.25, 0.3) is 0 Å². The average molecular weight is 159 g/mol. The van der Waals surface area contributed by atoms with Crippen molar-refractivity contribution in [2.45, 2.75) is 26.8 Å². The highest BCUT2D eigenvalue weighted by Gasteiger charge is 2.31. The highest BCUT2D eigenvalue weighted by molar-refractivity contribution is 7.99. The van der Waals surface area contributed by atoms with E-state index in [-0.39, 0.29) is 0 Å². The van der Waals surface area contributed by atoms with Gasteiger partial charge in [-0.25, -0.2) is 0 Å². The van der Waals surface area contributed by atoms with Gasteiger partial charge in [-0.3, -0.25) is 4.90 Å². The van der Waals surface area contributed by atoms with Gasteiger partial charge in [-0.1, -0.05) is 20.8 Å². The van der Waals surface area contributed by atoms with Crippen molar-refractivity contribution in [3.63, 3.8) is 0 Å². The summed E-state index contributed by atoms with van der Waals surface area (Å²) in [4.78, 5) is 2.45. The van der Waals surface area contributed by atoms with E-state index in [1.165, 1.54) is 11.6 Å². The first-order valence-electron chi connectivity index (χ1n) is 3.80. The number of rotatable bonds is 0. The Morgan fingerprint density at radius 1 is 1.40 bits per heavy atom. The monoisotopic (exact) mass is 159 g/mol. The highest BCUT2D eigenvalue weighted by Crippen LogP contribution is 2.31. The van der Waals surface area contributed by atoms with E-state index in [0.717, 1.165) is 6.04 Å². The van der Waals surface area contributed by atoms with Gasteiger partial charge < -0.3 is 0 Å². The zero-order valence-electron chi connectivity index (χ0n) is 7.35. The Kier molecular flexibility index (Phi) is 2.31. The van der Waals surface area contributed by atoms with Crippen LogP contribution in [0.15, 0.2) is 0 Å². The summed E-state index contributed by atoms with van der Waals surface area (Å²) in [6, 6.07) is 0.775. The lowest BCUT2D eigenvalue weighted by molar-refractivity contribution is 0.179. The molecule has 0 spiro atoms. The second-order valence-corrected chi connectivity index (χ2v) is 5.14. The zero-order chi connectivity index (χ0) is 7.78. The largest absolute Gasteiger partial charge is 0.293 e. The molecule has 1 saturated heterocycles. The van der Waals surface area contributed by atoms with Crippen molar-refractivity contribution >= 4 is 11.8 Å². The van der Waals surface area contributed by atoms with Crippen LogP contribution in [0.1, 0.15) is 20.8 Å². The van der Waals surface area contributed by atoms with Gasteiger partial charge in [0.2, 0.25) is 0 Å². The van der Waals surface area contributed by atoms with Crippen LogP contribution in [-0.4, -0.2) is 29.6 Å². The molecule has 0 aliphatic carbocycles. The predicted molar refractivity (Wildman–Crippen MR) is 48.3 cm³/mol. The first kappa shape index (κ1) is 8.41. The standard InChI is InChI=1S/C8H17NS/c1-8(2,3)7-5-10-6-9(7)4/h7H,5-6H2,1-4H3. The molecule has 10 heavy (non-hydrogen) atoms. The Bertz CT molecular complexity index is 117. The van der Waals surface area contributed by atoms with E-state index in [1.807, 2.05) is 11.8 Å². The van der Waals surface area contributed by atoms with Crippen molar-refractivity contribution in [3.8, 4) is 0 Å². The van der Waals surface area contributed by atoms with Crippen LogP contribution in [-0.2, 0) is 0 Å². The third-order valence-corrected chi connectivity index (χ3v) is 3.24. The van der Waals surface area contributed by atoms with E-state index in [4.69, 9.17) is 0 Å². The number of thioether (sulfide) groups is 1. The van der Waals surface area contributed by atoms with Crippen LogP contribution in [0, 0.1) is 5.41 Å². The SMILES string of the molecule is CN1CSCC1C(C)(C)C. The molecule has 1 atom stereocenters. The van der Waals surface area contributed by atoms with Crippen molar-refractivity contribution in [2.75, 3.05) is 18.7 Å². The summed E-state index contributed by atoms with van der Waals surface area (Å²) >= 11 is 2.04. The Labute approximate surface area is 68.2 Å². The molecule has 0 radical (unpaired) electrons. The molecule has 0 aromatic carbocycles. The average Bonchev–Trinajstić information content (AvgIpc) is 2.11. The van der Waals surface area contributed by atoms with Crippen molar-refractivity contribution in [1.82, 2.24) is 4.90 Å². The van der Waals surface area contributed by atoms with Gasteiger partial charge in [-0.2, -0.15) is 0 Å². The molecule has 1 aliphatic rings. The lowest BCUT2D eigenvalue weighted by Crippen LogP contribution is -2.38. The smallest absolute Gasteiger partial charge is 0.0445 e. The van der Waals surface area contributed by atoms with Gasteiger partial charge in [0.1, 0.15) is 0 Å². The van der Waals surface area contributed by atoms with Crippen LogP contribution >= 0.6 is 11.8 Å². The van der Waals surface area contributed by atoms with Crippen molar-refractivity contribution in [1.29, 1.82) is 0 Å². The predicted octanol–water partition coefficient (Wildman–Crippen LogP) is 2.04. The van der Waals surface area contributed by atoms with Gasteiger partial charge in [-0.15, -0.1) is 11.8 Å². The molecule has 0 aromatic heterocycles. The maximum absolute atomic E-state index is 2.45. The molecule has 1 unspecified atom stereocenters. The van der Waals surface area contributed by atoms with Gasteiger partial charge in [0.05, 0.1) is 0 Å². The molecular formula is C8H17NS. The van der Waals surface area contributed by atoms with Gasteiger partial charge in [0.15, 0.2) is 0 Å². The summed E-state index contributed by atoms with van der Waals surface area (Å²) in [6.45, 7) is 6.96. The Morgan fingerprint density at radius 2 is 2.00 bits per heavy atom. The highest BCUT2D eigenvalue weighted by atomic mass is 32.2. The van der Waals surface area contributed by atoms with Crippen molar-refractivity contribution in [3.05, 3.63) is 0 Å². The molecule has 0 N–H and O–H groups in total. The van der Waals surface area contributed by atoms with Crippen LogP contribution in [0.5, 0.6) is 0 Å². The molecule has 0 amide bonds. The van der Waals surface area contributed by atoms with Crippen LogP contribution < -0.4 is 0 Å². The Balaban J connectivity index is 2.55. The Hall–Kier alpha value is 0.310. The summed E-state index contributed by atoms with van der Waals surface area (Å²) in [5.74, 6) is 2.52.